The molecule has 0 aliphatic rings. The quantitative estimate of drug-likeness (QED) is 0.660. The summed E-state index contributed by atoms with van der Waals surface area (Å²) in [6.45, 7) is 1.83. The van der Waals surface area contributed by atoms with Crippen LogP contribution >= 0.6 is 11.3 Å². The number of carbonyl (C=O) groups is 1. The minimum Gasteiger partial charge on any atom is -0.397 e. The summed E-state index contributed by atoms with van der Waals surface area (Å²) in [6, 6.07) is 18.8. The maximum atomic E-state index is 12.5. The van der Waals surface area contributed by atoms with Gasteiger partial charge < -0.3 is 11.1 Å². The number of carbonyl (C=O) groups excluding carboxylic acids is 1. The lowest BCUT2D eigenvalue weighted by molar-refractivity contribution is 0.102. The molecule has 0 bridgehead atoms. The zero-order chi connectivity index (χ0) is 17.8. The highest BCUT2D eigenvalue weighted by molar-refractivity contribution is 7.13. The van der Waals surface area contributed by atoms with Gasteiger partial charge in [-0.2, -0.15) is 5.26 Å². The fourth-order valence-electron chi connectivity index (χ4n) is 2.45. The van der Waals surface area contributed by atoms with E-state index in [0.717, 1.165) is 16.0 Å². The Labute approximate surface area is 150 Å². The van der Waals surface area contributed by atoms with Crippen LogP contribution in [0.4, 0.5) is 11.4 Å². The second-order valence-electron chi connectivity index (χ2n) is 5.71. The van der Waals surface area contributed by atoms with Crippen molar-refractivity contribution in [2.24, 2.45) is 0 Å². The lowest BCUT2D eigenvalue weighted by Gasteiger charge is -2.11. The summed E-state index contributed by atoms with van der Waals surface area (Å²) < 4.78 is 0. The molecule has 1 amide bonds. The van der Waals surface area contributed by atoms with Gasteiger partial charge in [-0.25, -0.2) is 0 Å². The first kappa shape index (κ1) is 16.7. The molecule has 1 heterocycles. The van der Waals surface area contributed by atoms with Crippen molar-refractivity contribution in [1.82, 2.24) is 0 Å². The highest BCUT2D eigenvalue weighted by Crippen LogP contribution is 2.30. The van der Waals surface area contributed by atoms with E-state index in [0.29, 0.717) is 16.9 Å². The minimum atomic E-state index is -0.230. The largest absolute Gasteiger partial charge is 0.397 e. The van der Waals surface area contributed by atoms with Gasteiger partial charge in [-0.05, 0) is 53.8 Å². The predicted octanol–water partition coefficient (Wildman–Crippen LogP) is 4.88. The monoisotopic (exact) mass is 347 g/mol. The molecule has 124 valence electrons. The van der Waals surface area contributed by atoms with E-state index in [4.69, 9.17) is 11.0 Å². The van der Waals surface area contributed by atoms with Crippen LogP contribution in [0.2, 0.25) is 0 Å². The van der Waals surface area contributed by atoms with E-state index < -0.39 is 0 Å². The molecule has 1 aromatic heterocycles. The summed E-state index contributed by atoms with van der Waals surface area (Å²) >= 11 is 1.63. The average Bonchev–Trinajstić information content (AvgIpc) is 3.17. The fourth-order valence-corrected chi connectivity index (χ4v) is 3.18. The summed E-state index contributed by atoms with van der Waals surface area (Å²) in [5, 5.41) is 13.8. The number of anilines is 2. The van der Waals surface area contributed by atoms with Gasteiger partial charge in [0.1, 0.15) is 0 Å². The minimum absolute atomic E-state index is 0.199. The normalized spacial score (nSPS) is 11.5. The SMILES string of the molecule is CC(C#N)c1ccc(C(=O)Nc2cc(-c3cccs3)ccc2N)cc1. The van der Waals surface area contributed by atoms with Gasteiger partial charge >= 0.3 is 0 Å². The molecule has 1 atom stereocenters. The van der Waals surface area contributed by atoms with Crippen LogP contribution in [0, 0.1) is 11.3 Å². The van der Waals surface area contributed by atoms with Crippen molar-refractivity contribution in [3.05, 3.63) is 71.1 Å². The topological polar surface area (TPSA) is 78.9 Å². The Hall–Kier alpha value is -3.10. The van der Waals surface area contributed by atoms with Crippen molar-refractivity contribution in [3.8, 4) is 16.5 Å². The van der Waals surface area contributed by atoms with Gasteiger partial charge in [0.25, 0.3) is 5.91 Å². The van der Waals surface area contributed by atoms with Gasteiger partial charge in [0.05, 0.1) is 23.4 Å². The second-order valence-corrected chi connectivity index (χ2v) is 6.65. The molecule has 1 unspecified atom stereocenters. The maximum Gasteiger partial charge on any atom is 0.255 e. The maximum absolute atomic E-state index is 12.5. The van der Waals surface area contributed by atoms with Crippen LogP contribution in [-0.2, 0) is 0 Å². The molecule has 2 aromatic carbocycles. The standard InChI is InChI=1S/C20H17N3OS/c1-13(12-21)14-4-6-15(7-5-14)20(24)23-18-11-16(8-9-17(18)22)19-3-2-10-25-19/h2-11,13H,22H2,1H3,(H,23,24). The number of hydrogen-bond donors (Lipinski definition) is 2. The van der Waals surface area contributed by atoms with Crippen molar-refractivity contribution in [2.75, 3.05) is 11.1 Å². The number of benzene rings is 2. The molecule has 0 aliphatic heterocycles. The highest BCUT2D eigenvalue weighted by Gasteiger charge is 2.11. The van der Waals surface area contributed by atoms with Crippen molar-refractivity contribution < 1.29 is 4.79 Å². The van der Waals surface area contributed by atoms with Gasteiger partial charge in [0, 0.05) is 10.4 Å². The Morgan fingerprint density at radius 1 is 1.20 bits per heavy atom. The number of hydrogen-bond acceptors (Lipinski definition) is 4. The van der Waals surface area contributed by atoms with Crippen molar-refractivity contribution >= 4 is 28.6 Å². The number of rotatable bonds is 4. The van der Waals surface area contributed by atoms with Crippen LogP contribution < -0.4 is 11.1 Å². The Morgan fingerprint density at radius 2 is 1.96 bits per heavy atom. The van der Waals surface area contributed by atoms with Gasteiger partial charge in [0.15, 0.2) is 0 Å². The fraction of sp³-hybridized carbons (Fsp3) is 0.100. The van der Waals surface area contributed by atoms with E-state index in [-0.39, 0.29) is 11.8 Å². The van der Waals surface area contributed by atoms with E-state index >= 15 is 0 Å². The Kier molecular flexibility index (Phi) is 4.82. The molecule has 0 saturated heterocycles. The molecule has 3 N–H and O–H groups in total. The third-order valence-corrected chi connectivity index (χ3v) is 4.89. The van der Waals surface area contributed by atoms with Crippen molar-refractivity contribution in [2.45, 2.75) is 12.8 Å². The number of nitrogens with one attached hydrogen (secondary N) is 1. The zero-order valence-corrected chi connectivity index (χ0v) is 14.5. The third kappa shape index (κ3) is 3.70. The van der Waals surface area contributed by atoms with Crippen LogP contribution in [-0.4, -0.2) is 5.91 Å². The molecule has 4 nitrogen and oxygen atoms in total. The van der Waals surface area contributed by atoms with Gasteiger partial charge in [0.2, 0.25) is 0 Å². The first-order valence-electron chi connectivity index (χ1n) is 7.83. The van der Waals surface area contributed by atoms with Crippen LogP contribution in [0.25, 0.3) is 10.4 Å². The van der Waals surface area contributed by atoms with Crippen molar-refractivity contribution in [1.29, 1.82) is 5.26 Å². The van der Waals surface area contributed by atoms with E-state index in [9.17, 15) is 4.79 Å². The number of nitriles is 1. The summed E-state index contributed by atoms with van der Waals surface area (Å²) in [5.41, 5.74) is 9.53. The molecule has 0 aliphatic carbocycles. The van der Waals surface area contributed by atoms with E-state index in [2.05, 4.69) is 11.4 Å². The van der Waals surface area contributed by atoms with E-state index in [1.165, 1.54) is 0 Å². The zero-order valence-electron chi connectivity index (χ0n) is 13.7. The molecule has 0 radical (unpaired) electrons. The molecule has 0 fully saturated rings. The molecule has 0 spiro atoms. The van der Waals surface area contributed by atoms with Crippen LogP contribution in [0.1, 0.15) is 28.8 Å². The summed E-state index contributed by atoms with van der Waals surface area (Å²) in [7, 11) is 0. The molecule has 25 heavy (non-hydrogen) atoms. The summed E-state index contributed by atoms with van der Waals surface area (Å²) in [5.74, 6) is -0.429. The molecular weight excluding hydrogens is 330 g/mol. The van der Waals surface area contributed by atoms with Gasteiger partial charge in [-0.1, -0.05) is 24.3 Å². The molecule has 3 rings (SSSR count). The second kappa shape index (κ2) is 7.20. The lowest BCUT2D eigenvalue weighted by Crippen LogP contribution is -2.13. The number of nitrogens with zero attached hydrogens (tertiary/aromatic N) is 1. The smallest absolute Gasteiger partial charge is 0.255 e. The first-order chi connectivity index (χ1) is 12.1. The highest BCUT2D eigenvalue weighted by atomic mass is 32.1. The number of nitrogens with two attached hydrogens (primary N) is 1. The van der Waals surface area contributed by atoms with Gasteiger partial charge in [-0.3, -0.25) is 4.79 Å². The average molecular weight is 347 g/mol. The van der Waals surface area contributed by atoms with E-state index in [1.54, 1.807) is 41.7 Å². The van der Waals surface area contributed by atoms with Crippen molar-refractivity contribution in [3.63, 3.8) is 0 Å². The van der Waals surface area contributed by atoms with Crippen LogP contribution in [0.3, 0.4) is 0 Å². The Bertz CT molecular complexity index is 925. The molecule has 5 heteroatoms. The van der Waals surface area contributed by atoms with Gasteiger partial charge in [-0.15, -0.1) is 11.3 Å². The molecule has 0 saturated carbocycles. The Morgan fingerprint density at radius 3 is 2.60 bits per heavy atom. The van der Waals surface area contributed by atoms with Crippen LogP contribution in [0.5, 0.6) is 0 Å². The summed E-state index contributed by atoms with van der Waals surface area (Å²) in [4.78, 5) is 13.6. The van der Waals surface area contributed by atoms with E-state index in [1.807, 2.05) is 36.6 Å². The molecular formula is C20H17N3OS. The number of amides is 1. The first-order valence-corrected chi connectivity index (χ1v) is 8.71. The third-order valence-electron chi connectivity index (χ3n) is 3.97. The van der Waals surface area contributed by atoms with Crippen LogP contribution in [0.15, 0.2) is 60.0 Å². The number of thiophene rings is 1. The Balaban J connectivity index is 1.81. The predicted molar refractivity (Wildman–Crippen MR) is 103 cm³/mol. The molecule has 3 aromatic rings. The number of nitrogen functional groups attached to an aromatic ring is 1. The lowest BCUT2D eigenvalue weighted by atomic mass is 10.0. The summed E-state index contributed by atoms with van der Waals surface area (Å²) in [6.07, 6.45) is 0.